The lowest BCUT2D eigenvalue weighted by atomic mass is 10.2. The smallest absolute Gasteiger partial charge is 0.309 e. The first-order chi connectivity index (χ1) is 9.59. The Balaban J connectivity index is 0.00000220. The summed E-state index contributed by atoms with van der Waals surface area (Å²) in [6.07, 6.45) is 0.422. The third-order valence-electron chi connectivity index (χ3n) is 2.73. The van der Waals surface area contributed by atoms with E-state index in [9.17, 15) is 8.42 Å². The highest BCUT2D eigenvalue weighted by Crippen LogP contribution is 2.17. The fourth-order valence-electron chi connectivity index (χ4n) is 1.68. The van der Waals surface area contributed by atoms with Gasteiger partial charge in [0, 0.05) is 5.69 Å². The highest BCUT2D eigenvalue weighted by molar-refractivity contribution is 7.87. The second-order valence-electron chi connectivity index (χ2n) is 4.25. The number of benzene rings is 2. The van der Waals surface area contributed by atoms with Crippen LogP contribution in [0, 0.1) is 0 Å². The summed E-state index contributed by atoms with van der Waals surface area (Å²) in [5.74, 6) is 5.44. The molecule has 0 unspecified atom stereocenters. The van der Waals surface area contributed by atoms with Crippen LogP contribution in [-0.2, 0) is 16.5 Å². The molecular formula is C14H17ClN2O3S. The predicted octanol–water partition coefficient (Wildman–Crippen LogP) is 2.35. The van der Waals surface area contributed by atoms with E-state index in [1.807, 2.05) is 30.3 Å². The SMILES string of the molecule is Cl.NNc1ccc(OS(=O)(=O)CCc2ccccc2)cc1. The van der Waals surface area contributed by atoms with Crippen molar-refractivity contribution in [2.24, 2.45) is 5.84 Å². The molecular weight excluding hydrogens is 312 g/mol. The minimum absolute atomic E-state index is 0. The number of anilines is 1. The van der Waals surface area contributed by atoms with E-state index in [-0.39, 0.29) is 23.9 Å². The lowest BCUT2D eigenvalue weighted by molar-refractivity contribution is 0.485. The molecule has 0 aromatic heterocycles. The maximum absolute atomic E-state index is 11.9. The third-order valence-corrected chi connectivity index (χ3v) is 3.88. The largest absolute Gasteiger partial charge is 0.382 e. The van der Waals surface area contributed by atoms with Crippen molar-refractivity contribution in [3.05, 3.63) is 60.2 Å². The maximum Gasteiger partial charge on any atom is 0.309 e. The van der Waals surface area contributed by atoms with E-state index < -0.39 is 10.1 Å². The number of nitrogens with two attached hydrogens (primary N) is 1. The van der Waals surface area contributed by atoms with Crippen molar-refractivity contribution in [2.45, 2.75) is 6.42 Å². The summed E-state index contributed by atoms with van der Waals surface area (Å²) >= 11 is 0. The van der Waals surface area contributed by atoms with E-state index in [0.29, 0.717) is 12.1 Å². The van der Waals surface area contributed by atoms with Crippen LogP contribution in [0.15, 0.2) is 54.6 Å². The summed E-state index contributed by atoms with van der Waals surface area (Å²) < 4.78 is 28.8. The second kappa shape index (κ2) is 7.87. The molecule has 0 spiro atoms. The van der Waals surface area contributed by atoms with Crippen molar-refractivity contribution >= 4 is 28.2 Å². The number of aryl methyl sites for hydroxylation is 1. The Hall–Kier alpha value is -1.76. The molecule has 0 radical (unpaired) electrons. The summed E-state index contributed by atoms with van der Waals surface area (Å²) in [7, 11) is -3.60. The van der Waals surface area contributed by atoms with Gasteiger partial charge in [-0.25, -0.2) is 0 Å². The molecule has 21 heavy (non-hydrogen) atoms. The number of nitrogens with one attached hydrogen (secondary N) is 1. The molecule has 7 heteroatoms. The van der Waals surface area contributed by atoms with Gasteiger partial charge in [-0.15, -0.1) is 12.4 Å². The molecule has 2 aromatic rings. The molecule has 0 saturated heterocycles. The highest BCUT2D eigenvalue weighted by Gasteiger charge is 2.13. The summed E-state index contributed by atoms with van der Waals surface area (Å²) in [5.41, 5.74) is 4.10. The Bertz CT molecular complexity index is 646. The second-order valence-corrected chi connectivity index (χ2v) is 5.94. The fraction of sp³-hybridized carbons (Fsp3) is 0.143. The predicted molar refractivity (Wildman–Crippen MR) is 86.1 cm³/mol. The summed E-state index contributed by atoms with van der Waals surface area (Å²) in [5, 5.41) is 0. The van der Waals surface area contributed by atoms with Crippen molar-refractivity contribution in [1.29, 1.82) is 0 Å². The van der Waals surface area contributed by atoms with Gasteiger partial charge >= 0.3 is 10.1 Å². The van der Waals surface area contributed by atoms with Crippen LogP contribution in [0.2, 0.25) is 0 Å². The Morgan fingerprint density at radius 2 is 1.62 bits per heavy atom. The van der Waals surface area contributed by atoms with Crippen molar-refractivity contribution in [1.82, 2.24) is 0 Å². The zero-order valence-corrected chi connectivity index (χ0v) is 12.9. The minimum Gasteiger partial charge on any atom is -0.382 e. The number of nitrogen functional groups attached to an aromatic ring is 1. The van der Waals surface area contributed by atoms with Gasteiger partial charge in [-0.05, 0) is 36.2 Å². The Labute approximate surface area is 130 Å². The average Bonchev–Trinajstić information content (AvgIpc) is 2.47. The average molecular weight is 329 g/mol. The Morgan fingerprint density at radius 3 is 2.19 bits per heavy atom. The van der Waals surface area contributed by atoms with E-state index in [1.165, 1.54) is 0 Å². The highest BCUT2D eigenvalue weighted by atomic mass is 35.5. The van der Waals surface area contributed by atoms with Crippen LogP contribution in [-0.4, -0.2) is 14.2 Å². The van der Waals surface area contributed by atoms with Crippen LogP contribution >= 0.6 is 12.4 Å². The molecule has 5 nitrogen and oxygen atoms in total. The summed E-state index contributed by atoms with van der Waals surface area (Å²) in [4.78, 5) is 0. The number of hydrogen-bond acceptors (Lipinski definition) is 5. The van der Waals surface area contributed by atoms with Crippen LogP contribution < -0.4 is 15.5 Å². The molecule has 114 valence electrons. The molecule has 0 aliphatic heterocycles. The van der Waals surface area contributed by atoms with Gasteiger partial charge in [0.05, 0.1) is 5.75 Å². The minimum atomic E-state index is -3.60. The van der Waals surface area contributed by atoms with E-state index in [0.717, 1.165) is 5.56 Å². The molecule has 3 N–H and O–H groups in total. The van der Waals surface area contributed by atoms with Crippen LogP contribution in [0.1, 0.15) is 5.56 Å². The zero-order valence-electron chi connectivity index (χ0n) is 11.2. The van der Waals surface area contributed by atoms with Crippen molar-refractivity contribution in [2.75, 3.05) is 11.2 Å². The van der Waals surface area contributed by atoms with Gasteiger partial charge in [-0.3, -0.25) is 5.84 Å². The number of hydrogen-bond donors (Lipinski definition) is 2. The summed E-state index contributed by atoms with van der Waals surface area (Å²) in [6.45, 7) is 0. The quantitative estimate of drug-likeness (QED) is 0.483. The normalized spacial score (nSPS) is 10.5. The first-order valence-electron chi connectivity index (χ1n) is 6.12. The standard InChI is InChI=1S/C14H16N2O3S.ClH/c15-16-13-6-8-14(9-7-13)19-20(17,18)11-10-12-4-2-1-3-5-12;/h1-9,16H,10-11,15H2;1H. The molecule has 2 aromatic carbocycles. The lowest BCUT2D eigenvalue weighted by Crippen LogP contribution is -2.15. The number of rotatable bonds is 6. The van der Waals surface area contributed by atoms with Gasteiger partial charge in [0.1, 0.15) is 5.75 Å². The lowest BCUT2D eigenvalue weighted by Gasteiger charge is -2.07. The molecule has 0 fully saturated rings. The van der Waals surface area contributed by atoms with E-state index in [1.54, 1.807) is 24.3 Å². The number of halogens is 1. The first-order valence-corrected chi connectivity index (χ1v) is 7.69. The van der Waals surface area contributed by atoms with Crippen LogP contribution in [0.5, 0.6) is 5.75 Å². The van der Waals surface area contributed by atoms with Crippen molar-refractivity contribution in [3.63, 3.8) is 0 Å². The molecule has 0 aliphatic carbocycles. The Kier molecular flexibility index (Phi) is 6.48. The van der Waals surface area contributed by atoms with Gasteiger partial charge in [0.2, 0.25) is 0 Å². The van der Waals surface area contributed by atoms with Crippen LogP contribution in [0.25, 0.3) is 0 Å². The molecule has 2 rings (SSSR count). The molecule has 0 bridgehead atoms. The summed E-state index contributed by atoms with van der Waals surface area (Å²) in [6, 6.07) is 15.8. The van der Waals surface area contributed by atoms with Gasteiger partial charge in [0.15, 0.2) is 0 Å². The molecule has 0 atom stereocenters. The van der Waals surface area contributed by atoms with E-state index in [2.05, 4.69) is 5.43 Å². The van der Waals surface area contributed by atoms with Gasteiger partial charge in [-0.2, -0.15) is 8.42 Å². The fourth-order valence-corrected chi connectivity index (χ4v) is 2.66. The van der Waals surface area contributed by atoms with E-state index in [4.69, 9.17) is 10.0 Å². The molecule has 0 saturated carbocycles. The first kappa shape index (κ1) is 17.3. The van der Waals surface area contributed by atoms with Crippen LogP contribution in [0.4, 0.5) is 5.69 Å². The van der Waals surface area contributed by atoms with Gasteiger partial charge in [-0.1, -0.05) is 30.3 Å². The third kappa shape index (κ3) is 5.63. The zero-order chi connectivity index (χ0) is 14.4. The molecule has 0 amide bonds. The Morgan fingerprint density at radius 1 is 1.00 bits per heavy atom. The maximum atomic E-state index is 11.9. The molecule has 0 aliphatic rings. The van der Waals surface area contributed by atoms with Crippen molar-refractivity contribution in [3.8, 4) is 5.75 Å². The molecule has 0 heterocycles. The van der Waals surface area contributed by atoms with Gasteiger partial charge in [0.25, 0.3) is 0 Å². The van der Waals surface area contributed by atoms with Crippen molar-refractivity contribution < 1.29 is 12.6 Å². The van der Waals surface area contributed by atoms with E-state index >= 15 is 0 Å². The number of hydrazine groups is 1. The monoisotopic (exact) mass is 328 g/mol. The van der Waals surface area contributed by atoms with Gasteiger partial charge < -0.3 is 9.61 Å². The van der Waals surface area contributed by atoms with Crippen LogP contribution in [0.3, 0.4) is 0 Å². The topological polar surface area (TPSA) is 81.4 Å².